The Balaban J connectivity index is 0.000000298. The first-order chi connectivity index (χ1) is 18.2. The van der Waals surface area contributed by atoms with Gasteiger partial charge in [0.1, 0.15) is 5.51 Å². The lowest BCUT2D eigenvalue weighted by atomic mass is 10.1. The second-order valence-electron chi connectivity index (χ2n) is 7.27. The maximum absolute atomic E-state index is 13.1. The number of nitrogens with zero attached hydrogens (tertiary/aromatic N) is 8. The Morgan fingerprint density at radius 3 is 2.16 bits per heavy atom. The number of halogens is 3. The van der Waals surface area contributed by atoms with E-state index in [1.165, 1.54) is 58.1 Å². The van der Waals surface area contributed by atoms with Crippen molar-refractivity contribution in [1.29, 1.82) is 0 Å². The van der Waals surface area contributed by atoms with Crippen LogP contribution in [0, 0.1) is 0 Å². The number of alkyl halides is 3. The van der Waals surface area contributed by atoms with E-state index in [-0.39, 0.29) is 24.3 Å². The van der Waals surface area contributed by atoms with Crippen molar-refractivity contribution in [2.75, 3.05) is 36.8 Å². The Kier molecular flexibility index (Phi) is 9.94. The molecule has 38 heavy (non-hydrogen) atoms. The SMILES string of the molecule is Nc1nncs1.O=C(O)c1ccc(N2CCN(C(=O)c3ccccc3C(F)(F)F)CC2)nn1.c1csnn1. The van der Waals surface area contributed by atoms with E-state index in [1.54, 1.807) is 16.6 Å². The molecule has 1 amide bonds. The highest BCUT2D eigenvalue weighted by Gasteiger charge is 2.36. The van der Waals surface area contributed by atoms with Crippen LogP contribution in [0.3, 0.4) is 0 Å². The number of carboxylic acids is 1. The maximum atomic E-state index is 13.1. The van der Waals surface area contributed by atoms with Crippen LogP contribution in [0.1, 0.15) is 26.4 Å². The number of benzene rings is 1. The van der Waals surface area contributed by atoms with Crippen molar-refractivity contribution >= 4 is 45.7 Å². The topological polar surface area (TPSA) is 164 Å². The molecular formula is C21H20F3N9O3S2. The number of aromatic carboxylic acids is 1. The molecule has 1 fully saturated rings. The number of rotatable bonds is 3. The predicted molar refractivity (Wildman–Crippen MR) is 133 cm³/mol. The molecule has 1 saturated heterocycles. The first-order valence-electron chi connectivity index (χ1n) is 10.7. The lowest BCUT2D eigenvalue weighted by Crippen LogP contribution is -2.49. The van der Waals surface area contributed by atoms with Gasteiger partial charge in [0.05, 0.1) is 17.3 Å². The van der Waals surface area contributed by atoms with E-state index < -0.39 is 23.6 Å². The number of carbonyl (C=O) groups is 2. The lowest BCUT2D eigenvalue weighted by molar-refractivity contribution is -0.138. The second kappa shape index (κ2) is 13.3. The van der Waals surface area contributed by atoms with Crippen LogP contribution in [0.4, 0.5) is 24.1 Å². The fourth-order valence-corrected chi connectivity index (χ4v) is 3.72. The third-order valence-electron chi connectivity index (χ3n) is 4.88. The van der Waals surface area contributed by atoms with E-state index in [4.69, 9.17) is 10.8 Å². The van der Waals surface area contributed by atoms with Gasteiger partial charge in [-0.15, -0.1) is 25.5 Å². The highest BCUT2D eigenvalue weighted by Crippen LogP contribution is 2.32. The van der Waals surface area contributed by atoms with E-state index >= 15 is 0 Å². The van der Waals surface area contributed by atoms with Crippen LogP contribution in [0.25, 0.3) is 0 Å². The number of amides is 1. The van der Waals surface area contributed by atoms with E-state index in [1.807, 2.05) is 5.38 Å². The van der Waals surface area contributed by atoms with Gasteiger partial charge in [-0.25, -0.2) is 4.79 Å². The van der Waals surface area contributed by atoms with Crippen LogP contribution in [-0.4, -0.2) is 78.0 Å². The molecule has 200 valence electrons. The summed E-state index contributed by atoms with van der Waals surface area (Å²) < 4.78 is 42.9. The molecule has 0 bridgehead atoms. The van der Waals surface area contributed by atoms with Crippen molar-refractivity contribution < 1.29 is 27.9 Å². The predicted octanol–water partition coefficient (Wildman–Crippen LogP) is 2.81. The van der Waals surface area contributed by atoms with Crippen molar-refractivity contribution in [2.45, 2.75) is 6.18 Å². The Morgan fingerprint density at radius 1 is 0.974 bits per heavy atom. The summed E-state index contributed by atoms with van der Waals surface area (Å²) in [7, 11) is 0. The largest absolute Gasteiger partial charge is 0.476 e. The average molecular weight is 568 g/mol. The minimum atomic E-state index is -4.60. The molecule has 1 aliphatic rings. The number of nitrogens with two attached hydrogens (primary N) is 1. The van der Waals surface area contributed by atoms with Crippen molar-refractivity contribution in [3.63, 3.8) is 0 Å². The molecular weight excluding hydrogens is 547 g/mol. The van der Waals surface area contributed by atoms with Gasteiger partial charge in [0.2, 0.25) is 5.13 Å². The van der Waals surface area contributed by atoms with Crippen molar-refractivity contribution in [3.05, 3.63) is 70.3 Å². The Labute approximate surface area is 221 Å². The van der Waals surface area contributed by atoms with Crippen LogP contribution in [0.15, 0.2) is 53.5 Å². The zero-order chi connectivity index (χ0) is 27.5. The number of aromatic nitrogens is 6. The van der Waals surface area contributed by atoms with Gasteiger partial charge in [0.25, 0.3) is 5.91 Å². The fraction of sp³-hybridized carbons (Fsp3) is 0.238. The number of anilines is 2. The Hall–Kier alpha value is -4.25. The molecule has 0 unspecified atom stereocenters. The molecule has 1 aromatic carbocycles. The molecule has 0 radical (unpaired) electrons. The monoisotopic (exact) mass is 567 g/mol. The molecule has 4 heterocycles. The molecule has 1 aliphatic heterocycles. The van der Waals surface area contributed by atoms with Crippen molar-refractivity contribution in [2.24, 2.45) is 0 Å². The summed E-state index contributed by atoms with van der Waals surface area (Å²) in [6.07, 6.45) is -2.94. The fourth-order valence-electron chi connectivity index (χ4n) is 3.15. The zero-order valence-electron chi connectivity index (χ0n) is 19.4. The quantitative estimate of drug-likeness (QED) is 0.374. The number of piperazine rings is 1. The van der Waals surface area contributed by atoms with Gasteiger partial charge in [-0.3, -0.25) is 4.79 Å². The number of carbonyl (C=O) groups excluding carboxylic acids is 1. The van der Waals surface area contributed by atoms with E-state index in [9.17, 15) is 22.8 Å². The van der Waals surface area contributed by atoms with Crippen LogP contribution in [0.5, 0.6) is 0 Å². The van der Waals surface area contributed by atoms with Crippen LogP contribution < -0.4 is 10.6 Å². The summed E-state index contributed by atoms with van der Waals surface area (Å²) in [6, 6.07) is 7.54. The molecule has 0 atom stereocenters. The van der Waals surface area contributed by atoms with Gasteiger partial charge in [-0.1, -0.05) is 28.0 Å². The third kappa shape index (κ3) is 8.13. The first kappa shape index (κ1) is 28.3. The van der Waals surface area contributed by atoms with Crippen molar-refractivity contribution in [3.8, 4) is 0 Å². The summed E-state index contributed by atoms with van der Waals surface area (Å²) in [6.45, 7) is 1.13. The van der Waals surface area contributed by atoms with Gasteiger partial charge in [0, 0.05) is 31.6 Å². The number of carboxylic acid groups (broad SMARTS) is 1. The minimum absolute atomic E-state index is 0.184. The van der Waals surface area contributed by atoms with E-state index in [0.717, 1.165) is 6.07 Å². The summed E-state index contributed by atoms with van der Waals surface area (Å²) in [4.78, 5) is 26.5. The number of nitrogen functional groups attached to an aromatic ring is 1. The summed E-state index contributed by atoms with van der Waals surface area (Å²) in [5, 5.41) is 29.0. The first-order valence-corrected chi connectivity index (χ1v) is 12.4. The Morgan fingerprint density at radius 2 is 1.71 bits per heavy atom. The summed E-state index contributed by atoms with van der Waals surface area (Å²) in [5.74, 6) is -1.41. The number of hydrogen-bond donors (Lipinski definition) is 2. The Bertz CT molecular complexity index is 1270. The normalized spacial score (nSPS) is 13.0. The van der Waals surface area contributed by atoms with E-state index in [0.29, 0.717) is 24.0 Å². The maximum Gasteiger partial charge on any atom is 0.417 e. The average Bonchev–Trinajstić information content (AvgIpc) is 3.66. The zero-order valence-corrected chi connectivity index (χ0v) is 21.0. The molecule has 0 saturated carbocycles. The van der Waals surface area contributed by atoms with Gasteiger partial charge >= 0.3 is 12.1 Å². The molecule has 0 aliphatic carbocycles. The molecule has 3 N–H and O–H groups in total. The minimum Gasteiger partial charge on any atom is -0.476 e. The van der Waals surface area contributed by atoms with E-state index in [2.05, 4.69) is 30.0 Å². The summed E-state index contributed by atoms with van der Waals surface area (Å²) in [5.41, 5.74) is 5.21. The van der Waals surface area contributed by atoms with Crippen molar-refractivity contribution in [1.82, 2.24) is 34.9 Å². The smallest absolute Gasteiger partial charge is 0.417 e. The highest BCUT2D eigenvalue weighted by molar-refractivity contribution is 7.13. The number of hydrogen-bond acceptors (Lipinski definition) is 12. The van der Waals surface area contributed by atoms with Crippen LogP contribution in [-0.2, 0) is 6.18 Å². The van der Waals surface area contributed by atoms with Gasteiger partial charge in [-0.2, -0.15) is 13.2 Å². The van der Waals surface area contributed by atoms with Gasteiger partial charge < -0.3 is 20.6 Å². The molecule has 5 rings (SSSR count). The third-order valence-corrected chi connectivity index (χ3v) is 5.84. The lowest BCUT2D eigenvalue weighted by Gasteiger charge is -2.35. The standard InChI is InChI=1S/C17H15F3N4O3.C2H3N3S.C2H2N2S/c18-17(19,20)12-4-2-1-3-11(12)15(25)24-9-7-23(8-10-24)14-6-5-13(16(26)27)21-22-14;3-2-5-4-1-6-2;1-2-5-4-3-1/h1-6H,7-10H2,(H,26,27);1H,(H2,3,5);1-2H. The van der Waals surface area contributed by atoms with Crippen LogP contribution >= 0.6 is 22.9 Å². The molecule has 12 nitrogen and oxygen atoms in total. The molecule has 3 aromatic heterocycles. The van der Waals surface area contributed by atoms with Gasteiger partial charge in [-0.05, 0) is 35.8 Å². The van der Waals surface area contributed by atoms with Gasteiger partial charge in [0.15, 0.2) is 11.5 Å². The summed E-state index contributed by atoms with van der Waals surface area (Å²) >= 11 is 2.69. The second-order valence-corrected chi connectivity index (χ2v) is 8.78. The molecule has 0 spiro atoms. The van der Waals surface area contributed by atoms with Crippen LogP contribution in [0.2, 0.25) is 0 Å². The molecule has 17 heteroatoms. The molecule has 4 aromatic rings. The highest BCUT2D eigenvalue weighted by atomic mass is 32.1.